The number of unbranched alkanes of at least 4 members (excludes halogenated alkanes) is 2. The number of urea groups is 1. The zero-order chi connectivity index (χ0) is 74.6. The van der Waals surface area contributed by atoms with E-state index in [9.17, 15) is 52.8 Å². The van der Waals surface area contributed by atoms with Crippen molar-refractivity contribution in [1.82, 2.24) is 45.5 Å². The molecule has 4 bridgehead atoms. The molecule has 2 unspecified atom stereocenters. The van der Waals surface area contributed by atoms with Gasteiger partial charge in [-0.1, -0.05) is 69.7 Å². The summed E-state index contributed by atoms with van der Waals surface area (Å²) >= 11 is 1.41. The van der Waals surface area contributed by atoms with Crippen molar-refractivity contribution in [2.75, 3.05) is 68.1 Å². The number of rotatable bonds is 34. The number of pyridine rings is 1. The van der Waals surface area contributed by atoms with Crippen molar-refractivity contribution < 1.29 is 67.0 Å². The van der Waals surface area contributed by atoms with Gasteiger partial charge in [-0.25, -0.2) is 19.6 Å². The molecule has 4 fully saturated rings. The molecular formula is C76H92N13O14PS. The van der Waals surface area contributed by atoms with Crippen LogP contribution >= 0.6 is 19.3 Å². The fourth-order valence-electron chi connectivity index (χ4n) is 16.9. The predicted octanol–water partition coefficient (Wildman–Crippen LogP) is 10.3. The van der Waals surface area contributed by atoms with E-state index in [1.54, 1.807) is 44.3 Å². The second-order valence-corrected chi connectivity index (χ2v) is 31.1. The van der Waals surface area contributed by atoms with Gasteiger partial charge in [0.2, 0.25) is 17.7 Å². The van der Waals surface area contributed by atoms with E-state index in [-0.39, 0.29) is 131 Å². The first kappa shape index (κ1) is 76.5. The molecule has 12 rings (SSSR count). The maximum absolute atomic E-state index is 13.8. The Balaban J connectivity index is 0.652. The van der Waals surface area contributed by atoms with Gasteiger partial charge in [0.1, 0.15) is 17.9 Å². The number of nitrogens with zero attached hydrogens (tertiary/aromatic N) is 7. The maximum atomic E-state index is 13.8. The Morgan fingerprint density at radius 3 is 2.30 bits per heavy atom. The van der Waals surface area contributed by atoms with Crippen molar-refractivity contribution in [3.63, 3.8) is 0 Å². The zero-order valence-electron chi connectivity index (χ0n) is 60.0. The van der Waals surface area contributed by atoms with Crippen LogP contribution in [0.3, 0.4) is 0 Å². The van der Waals surface area contributed by atoms with Crippen LogP contribution in [-0.2, 0) is 68.9 Å². The number of ether oxygens (including phenoxy) is 3. The Morgan fingerprint density at radius 2 is 1.57 bits per heavy atom. The van der Waals surface area contributed by atoms with Crippen molar-refractivity contribution in [3.8, 4) is 16.8 Å². The van der Waals surface area contributed by atoms with E-state index in [4.69, 9.17) is 30.0 Å². The van der Waals surface area contributed by atoms with Crippen molar-refractivity contribution >= 4 is 99.6 Å². The number of primary amides is 1. The summed E-state index contributed by atoms with van der Waals surface area (Å²) in [6.45, 7) is 13.2. The number of nitrogens with two attached hydrogens (primary N) is 1. The van der Waals surface area contributed by atoms with Crippen molar-refractivity contribution in [2.45, 2.75) is 162 Å². The van der Waals surface area contributed by atoms with Gasteiger partial charge in [0.25, 0.3) is 17.7 Å². The van der Waals surface area contributed by atoms with Gasteiger partial charge in [0.05, 0.1) is 16.4 Å². The number of hydrogen-bond donors (Lipinski definition) is 7. The molecule has 6 aliphatic rings. The summed E-state index contributed by atoms with van der Waals surface area (Å²) < 4.78 is 33.2. The van der Waals surface area contributed by atoms with Crippen molar-refractivity contribution in [3.05, 3.63) is 131 Å². The summed E-state index contributed by atoms with van der Waals surface area (Å²) in [7, 11) is -0.292. The number of carboxylic acid groups (broad SMARTS) is 1. The Bertz CT molecular complexity index is 4350. The van der Waals surface area contributed by atoms with Gasteiger partial charge in [-0.05, 0) is 122 Å². The molecule has 0 saturated heterocycles. The summed E-state index contributed by atoms with van der Waals surface area (Å²) in [5.74, 6) is -3.52. The Kier molecular flexibility index (Phi) is 24.5. The number of benzene rings is 3. The number of para-hydroxylation sites is 1. The number of aromatic nitrogens is 4. The van der Waals surface area contributed by atoms with Crippen LogP contribution in [-0.4, -0.2) is 158 Å². The standard InChI is InChI=1S/C76H92N13O14PS/c1-48(2)64(84-61(90)19-7-6-10-31-88-62(91)26-27-63(88)92)68(95)81-58(17-12-29-78-70(77)98)67(94)80-52-22-20-50(21-23-52)40-102-72(99)86(30-13-37-104-100)33-34-101-35-36-103-76-44-73(4)41-74(5,45-76)43-75(42-73,46-76)47-89-49(3)55(38-79-89)53-24-25-60(83-65(53)69(96)97)87-32-28-51-14-11-15-54(56(51)39-87)66(93)85-71-82-57-16-8-9-18-59(57)105-71/h8-9,11,14-16,18,20-27,38,48,58,64H,6-7,10,12-13,17,19,28-36,39-47H2,1-5H3,(H,80,94)(H,81,95)(H,84,90)(H,96,97)(H3,77,78,98)(H,82,85,93)/t58-,64-,73?,74?,75?,76?/m0/s1. The zero-order valence-corrected chi connectivity index (χ0v) is 61.7. The summed E-state index contributed by atoms with van der Waals surface area (Å²) in [5.41, 5.74) is 13.6. The first-order chi connectivity index (χ1) is 50.3. The molecule has 6 aromatic rings. The molecule has 8 N–H and O–H groups in total. The molecule has 2 aliphatic heterocycles. The van der Waals surface area contributed by atoms with E-state index in [1.165, 1.54) is 28.4 Å². The molecule has 9 amide bonds. The number of carbonyl (C=O) groups excluding carboxylic acids is 8. The number of carboxylic acids is 1. The molecule has 105 heavy (non-hydrogen) atoms. The third-order valence-electron chi connectivity index (χ3n) is 20.6. The fourth-order valence-corrected chi connectivity index (χ4v) is 18.0. The number of hydrogen-bond acceptors (Lipinski definition) is 18. The minimum absolute atomic E-state index is 0.0167. The van der Waals surface area contributed by atoms with Crippen LogP contribution in [0.25, 0.3) is 21.3 Å². The molecule has 5 heterocycles. The van der Waals surface area contributed by atoms with Gasteiger partial charge < -0.3 is 31.7 Å². The van der Waals surface area contributed by atoms with Crippen LogP contribution < -0.4 is 37.2 Å². The van der Waals surface area contributed by atoms with Crippen LogP contribution in [0.15, 0.2) is 97.2 Å². The number of aromatic carboxylic acids is 1. The van der Waals surface area contributed by atoms with E-state index in [1.807, 2.05) is 71.1 Å². The summed E-state index contributed by atoms with van der Waals surface area (Å²) in [6.07, 6.45) is 12.2. The van der Waals surface area contributed by atoms with E-state index in [0.29, 0.717) is 90.8 Å². The number of anilines is 3. The summed E-state index contributed by atoms with van der Waals surface area (Å²) in [6, 6.07) is 20.9. The predicted molar refractivity (Wildman–Crippen MR) is 395 cm³/mol. The first-order valence-electron chi connectivity index (χ1n) is 35.9. The number of nitrogens with one attached hydrogen (secondary N) is 5. The quantitative estimate of drug-likeness (QED) is 0.0112. The van der Waals surface area contributed by atoms with Gasteiger partial charge in [0.15, 0.2) is 10.8 Å². The Hall–Kier alpha value is -9.59. The Labute approximate surface area is 614 Å². The number of amides is 9. The van der Waals surface area contributed by atoms with E-state index in [2.05, 4.69) is 51.0 Å². The number of carbonyl (C=O) groups is 9. The van der Waals surface area contributed by atoms with Crippen LogP contribution in [0.2, 0.25) is 0 Å². The molecule has 556 valence electrons. The number of fused-ring (bicyclic) bond motifs is 2. The van der Waals surface area contributed by atoms with Crippen molar-refractivity contribution in [2.24, 2.45) is 27.9 Å². The number of imide groups is 1. The van der Waals surface area contributed by atoms with Crippen molar-refractivity contribution in [1.29, 1.82) is 0 Å². The monoisotopic (exact) mass is 1470 g/mol. The molecule has 0 spiro atoms. The second kappa shape index (κ2) is 33.7. The third-order valence-corrected chi connectivity index (χ3v) is 21.9. The minimum atomic E-state index is -1.16. The summed E-state index contributed by atoms with van der Waals surface area (Å²) in [5, 5.41) is 30.1. The molecule has 3 aromatic carbocycles. The van der Waals surface area contributed by atoms with Gasteiger partial charge in [0, 0.05) is 73.7 Å². The number of thiazole rings is 1. The molecule has 27 nitrogen and oxygen atoms in total. The van der Waals surface area contributed by atoms with E-state index >= 15 is 0 Å². The van der Waals surface area contributed by atoms with Gasteiger partial charge in [-0.15, -0.1) is 0 Å². The van der Waals surface area contributed by atoms with Gasteiger partial charge in [-0.2, -0.15) is 5.10 Å². The summed E-state index contributed by atoms with van der Waals surface area (Å²) in [4.78, 5) is 130. The average Bonchev–Trinajstić information content (AvgIpc) is 0.796. The van der Waals surface area contributed by atoms with E-state index < -0.39 is 47.6 Å². The molecular weight excluding hydrogens is 1380 g/mol. The van der Waals surface area contributed by atoms with Crippen LogP contribution in [0.5, 0.6) is 0 Å². The molecule has 4 saturated carbocycles. The van der Waals surface area contributed by atoms with E-state index in [0.717, 1.165) is 70.5 Å². The fraction of sp³-hybridized carbons (Fsp3) is 0.487. The molecule has 0 radical (unpaired) electrons. The third kappa shape index (κ3) is 19.1. The Morgan fingerprint density at radius 1 is 0.810 bits per heavy atom. The average molecular weight is 1470 g/mol. The normalized spacial score (nSPS) is 20.5. The molecule has 4 atom stereocenters. The molecule has 3 aromatic heterocycles. The second-order valence-electron chi connectivity index (χ2n) is 29.5. The first-order valence-corrected chi connectivity index (χ1v) is 37.5. The van der Waals surface area contributed by atoms with Crippen LogP contribution in [0.1, 0.15) is 154 Å². The van der Waals surface area contributed by atoms with Gasteiger partial charge >= 0.3 is 172 Å². The topological polar surface area (TPSA) is 358 Å². The molecule has 4 aliphatic carbocycles. The SMILES string of the molecule is Cc1c(-c2ccc(N3CCc4cccc(C(=O)Nc5nc6ccccc6s5)c4C3)nc2C(=O)O)cnn1CC12CC3(C)CC(C)(C1)CC(OCCOCCN(CCC#P=O)C(=O)OCc1ccc(NC(=O)[C@H](CCCNC(N)=O)NC(=O)[C@@H](NC(=O)CCCCCN4C(=O)C=CC4=O)C(C)C)cc1)(C3)C2. The molecule has 29 heteroatoms. The van der Waals surface area contributed by atoms with Crippen LogP contribution in [0.4, 0.5) is 26.2 Å². The van der Waals surface area contributed by atoms with Crippen LogP contribution in [0, 0.1) is 34.7 Å². The van der Waals surface area contributed by atoms with Gasteiger partial charge in [-0.3, -0.25) is 43.7 Å².